The Hall–Kier alpha value is -4.13. The van der Waals surface area contributed by atoms with Gasteiger partial charge in [-0.3, -0.25) is 9.59 Å². The van der Waals surface area contributed by atoms with Gasteiger partial charge < -0.3 is 10.3 Å². The molecule has 0 saturated carbocycles. The Morgan fingerprint density at radius 1 is 1.05 bits per heavy atom. The van der Waals surface area contributed by atoms with Crippen molar-refractivity contribution < 1.29 is 14.0 Å². The van der Waals surface area contributed by atoms with Gasteiger partial charge in [-0.25, -0.2) is 14.4 Å². The molecule has 7 heteroatoms. The Morgan fingerprint density at radius 2 is 1.81 bits per heavy atom. The van der Waals surface area contributed by atoms with Gasteiger partial charge in [0.15, 0.2) is 0 Å². The third-order valence-corrected chi connectivity index (χ3v) is 6.91. The van der Waals surface area contributed by atoms with Crippen LogP contribution in [0.5, 0.6) is 0 Å². The fourth-order valence-electron chi connectivity index (χ4n) is 4.66. The normalized spacial score (nSPS) is 14.1. The summed E-state index contributed by atoms with van der Waals surface area (Å²) in [4.78, 5) is 36.8. The van der Waals surface area contributed by atoms with Crippen LogP contribution >= 0.6 is 0 Å². The van der Waals surface area contributed by atoms with E-state index in [1.807, 2.05) is 31.2 Å². The molecule has 5 rings (SSSR count). The molecule has 4 aromatic rings. The lowest BCUT2D eigenvalue weighted by Gasteiger charge is -2.19. The first-order valence-electron chi connectivity index (χ1n) is 12.4. The minimum absolute atomic E-state index is 0.0189. The SMILES string of the molecule is Cc1c(NC(=O)c2ccc(C(C)(C)C)cc2)cc(F)cc1-c1ncnc2[nH]c(C3=CCC(=O)CC3)cc12. The van der Waals surface area contributed by atoms with Crippen LogP contribution < -0.4 is 5.32 Å². The van der Waals surface area contributed by atoms with Crippen LogP contribution in [0.4, 0.5) is 10.1 Å². The molecule has 2 N–H and O–H groups in total. The van der Waals surface area contributed by atoms with Crippen LogP contribution in [-0.2, 0) is 10.2 Å². The molecule has 0 bridgehead atoms. The summed E-state index contributed by atoms with van der Waals surface area (Å²) in [7, 11) is 0. The van der Waals surface area contributed by atoms with E-state index in [1.165, 1.54) is 18.5 Å². The minimum atomic E-state index is -0.477. The molecule has 1 aliphatic carbocycles. The number of amides is 1. The number of anilines is 1. The lowest BCUT2D eigenvalue weighted by molar-refractivity contribution is -0.118. The molecule has 2 aromatic heterocycles. The van der Waals surface area contributed by atoms with E-state index in [0.29, 0.717) is 53.0 Å². The highest BCUT2D eigenvalue weighted by molar-refractivity contribution is 6.05. The number of Topliss-reactive ketones (excluding diaryl/α,β-unsaturated/α-hetero) is 1. The first-order valence-corrected chi connectivity index (χ1v) is 12.4. The topological polar surface area (TPSA) is 87.7 Å². The van der Waals surface area contributed by atoms with Crippen LogP contribution in [0.2, 0.25) is 0 Å². The van der Waals surface area contributed by atoms with E-state index >= 15 is 0 Å². The molecule has 37 heavy (non-hydrogen) atoms. The Morgan fingerprint density at radius 3 is 2.49 bits per heavy atom. The molecule has 0 spiro atoms. The van der Waals surface area contributed by atoms with Gasteiger partial charge in [0.1, 0.15) is 23.6 Å². The van der Waals surface area contributed by atoms with E-state index in [-0.39, 0.29) is 17.1 Å². The van der Waals surface area contributed by atoms with Crippen LogP contribution in [0.15, 0.2) is 54.9 Å². The molecule has 2 heterocycles. The van der Waals surface area contributed by atoms with Crippen molar-refractivity contribution in [3.05, 3.63) is 83.1 Å². The number of rotatable bonds is 4. The third-order valence-electron chi connectivity index (χ3n) is 6.91. The molecule has 0 unspecified atom stereocenters. The van der Waals surface area contributed by atoms with Gasteiger partial charge in [0.25, 0.3) is 5.91 Å². The summed E-state index contributed by atoms with van der Waals surface area (Å²) in [6.07, 6.45) is 4.99. The van der Waals surface area contributed by atoms with E-state index in [0.717, 1.165) is 22.2 Å². The molecule has 188 valence electrons. The zero-order valence-corrected chi connectivity index (χ0v) is 21.4. The van der Waals surface area contributed by atoms with Crippen molar-refractivity contribution in [3.8, 4) is 11.3 Å². The fourth-order valence-corrected chi connectivity index (χ4v) is 4.66. The van der Waals surface area contributed by atoms with E-state index in [2.05, 4.69) is 41.0 Å². The van der Waals surface area contributed by atoms with Crippen molar-refractivity contribution in [1.82, 2.24) is 15.0 Å². The molecule has 2 aromatic carbocycles. The van der Waals surface area contributed by atoms with E-state index in [1.54, 1.807) is 12.1 Å². The summed E-state index contributed by atoms with van der Waals surface area (Å²) in [5.41, 5.74) is 6.41. The highest BCUT2D eigenvalue weighted by Gasteiger charge is 2.20. The fraction of sp³-hybridized carbons (Fsp3) is 0.267. The zero-order valence-electron chi connectivity index (χ0n) is 21.4. The number of carbonyl (C=O) groups excluding carboxylic acids is 2. The number of allylic oxidation sites excluding steroid dienone is 2. The number of fused-ring (bicyclic) bond motifs is 1. The van der Waals surface area contributed by atoms with E-state index < -0.39 is 5.82 Å². The van der Waals surface area contributed by atoms with Crippen molar-refractivity contribution >= 4 is 34.0 Å². The minimum Gasteiger partial charge on any atom is -0.339 e. The van der Waals surface area contributed by atoms with Crippen LogP contribution in [0.1, 0.15) is 67.2 Å². The molecule has 0 aliphatic heterocycles. The maximum atomic E-state index is 14.8. The molecule has 0 radical (unpaired) electrons. The number of hydrogen-bond donors (Lipinski definition) is 2. The van der Waals surface area contributed by atoms with E-state index in [4.69, 9.17) is 0 Å². The molecule has 0 atom stereocenters. The second kappa shape index (κ2) is 9.39. The summed E-state index contributed by atoms with van der Waals surface area (Å²) in [6.45, 7) is 8.18. The number of H-pyrrole nitrogens is 1. The monoisotopic (exact) mass is 496 g/mol. The number of benzene rings is 2. The standard InChI is InChI=1S/C30H29FN4O2/c1-17-23(27-24-15-26(34-28(24)33-16-32-27)18-7-11-22(36)12-8-18)13-21(31)14-25(17)35-29(37)19-5-9-20(10-6-19)30(2,3)4/h5-7,9-10,13-16H,8,11-12H2,1-4H3,(H,35,37)(H,32,33,34). The zero-order chi connectivity index (χ0) is 26.3. The predicted octanol–water partition coefficient (Wildman–Crippen LogP) is 6.76. The van der Waals surface area contributed by atoms with Gasteiger partial charge in [0.05, 0.1) is 5.69 Å². The van der Waals surface area contributed by atoms with Gasteiger partial charge in [0.2, 0.25) is 0 Å². The maximum absolute atomic E-state index is 14.8. The number of halogens is 1. The number of nitrogens with zero attached hydrogens (tertiary/aromatic N) is 2. The van der Waals surface area contributed by atoms with Crippen molar-refractivity contribution in [2.75, 3.05) is 5.32 Å². The van der Waals surface area contributed by atoms with Crippen molar-refractivity contribution in [3.63, 3.8) is 0 Å². The van der Waals surface area contributed by atoms with Crippen LogP contribution in [0.3, 0.4) is 0 Å². The lowest BCUT2D eigenvalue weighted by atomic mass is 9.86. The summed E-state index contributed by atoms with van der Waals surface area (Å²) in [5.74, 6) is -0.555. The van der Waals surface area contributed by atoms with Gasteiger partial charge in [-0.2, -0.15) is 0 Å². The molecule has 0 fully saturated rings. The quantitative estimate of drug-likeness (QED) is 0.327. The van der Waals surface area contributed by atoms with Crippen LogP contribution in [0.25, 0.3) is 27.9 Å². The van der Waals surface area contributed by atoms with Crippen molar-refractivity contribution in [1.29, 1.82) is 0 Å². The Kier molecular flexibility index (Phi) is 6.23. The smallest absolute Gasteiger partial charge is 0.255 e. The maximum Gasteiger partial charge on any atom is 0.255 e. The summed E-state index contributed by atoms with van der Waals surface area (Å²) < 4.78 is 14.8. The number of aromatic amines is 1. The first kappa shape index (κ1) is 24.6. The second-order valence-corrected chi connectivity index (χ2v) is 10.5. The number of hydrogen-bond acceptors (Lipinski definition) is 4. The Bertz CT molecular complexity index is 1560. The number of ketones is 1. The van der Waals surface area contributed by atoms with Gasteiger partial charge in [-0.1, -0.05) is 39.0 Å². The molecule has 1 amide bonds. The second-order valence-electron chi connectivity index (χ2n) is 10.5. The molecule has 1 aliphatic rings. The van der Waals surface area contributed by atoms with Crippen molar-refractivity contribution in [2.45, 2.75) is 52.4 Å². The molecule has 0 saturated heterocycles. The van der Waals surface area contributed by atoms with Gasteiger partial charge >= 0.3 is 0 Å². The van der Waals surface area contributed by atoms with Gasteiger partial charge in [-0.05, 0) is 65.8 Å². The highest BCUT2D eigenvalue weighted by Crippen LogP contribution is 2.35. The first-order chi connectivity index (χ1) is 17.6. The lowest BCUT2D eigenvalue weighted by Crippen LogP contribution is -2.15. The van der Waals surface area contributed by atoms with Crippen LogP contribution in [0, 0.1) is 12.7 Å². The van der Waals surface area contributed by atoms with Gasteiger partial charge in [-0.15, -0.1) is 0 Å². The largest absolute Gasteiger partial charge is 0.339 e. The molecular formula is C30H29FN4O2. The summed E-state index contributed by atoms with van der Waals surface area (Å²) >= 11 is 0. The van der Waals surface area contributed by atoms with Crippen molar-refractivity contribution in [2.24, 2.45) is 0 Å². The van der Waals surface area contributed by atoms with Crippen LogP contribution in [-0.4, -0.2) is 26.6 Å². The predicted molar refractivity (Wildman–Crippen MR) is 144 cm³/mol. The number of aromatic nitrogens is 3. The Labute approximate surface area is 215 Å². The highest BCUT2D eigenvalue weighted by atomic mass is 19.1. The van der Waals surface area contributed by atoms with E-state index in [9.17, 15) is 14.0 Å². The Balaban J connectivity index is 1.49. The summed E-state index contributed by atoms with van der Waals surface area (Å²) in [6, 6.07) is 12.2. The molecule has 6 nitrogen and oxygen atoms in total. The molecular weight excluding hydrogens is 467 g/mol. The number of carbonyl (C=O) groups is 2. The average Bonchev–Trinajstić information content (AvgIpc) is 3.30. The third kappa shape index (κ3) is 4.94. The average molecular weight is 497 g/mol. The van der Waals surface area contributed by atoms with Gasteiger partial charge in [0, 0.05) is 40.7 Å². The number of nitrogens with one attached hydrogen (secondary N) is 2. The summed E-state index contributed by atoms with van der Waals surface area (Å²) in [5, 5.41) is 3.62.